The van der Waals surface area contributed by atoms with E-state index in [-0.39, 0.29) is 37.8 Å². The number of ketones is 1. The maximum atomic E-state index is 13.0. The molecule has 1 fully saturated rings. The molecule has 15 heteroatoms. The fraction of sp³-hybridized carbons (Fsp3) is 0.636. The smallest absolute Gasteiger partial charge is 0.408 e. The Morgan fingerprint density at radius 3 is 2.15 bits per heavy atom. The van der Waals surface area contributed by atoms with Gasteiger partial charge in [0.1, 0.15) is 29.1 Å². The summed E-state index contributed by atoms with van der Waals surface area (Å²) in [6.45, 7) is 13.8. The number of carbonyl (C=O) groups is 6. The summed E-state index contributed by atoms with van der Waals surface area (Å²) in [5.74, 6) is -1.21. The van der Waals surface area contributed by atoms with Crippen LogP contribution >= 0.6 is 11.8 Å². The van der Waals surface area contributed by atoms with Gasteiger partial charge in [0, 0.05) is 36.2 Å². The van der Waals surface area contributed by atoms with Crippen LogP contribution in [0, 0.1) is 5.41 Å². The van der Waals surface area contributed by atoms with Crippen LogP contribution in [0.15, 0.2) is 24.3 Å². The summed E-state index contributed by atoms with van der Waals surface area (Å²) in [7, 11) is 1.52. The van der Waals surface area contributed by atoms with Crippen LogP contribution in [0.5, 0.6) is 5.75 Å². The monoisotopic (exact) mass is 695 g/mol. The molecule has 1 saturated heterocycles. The summed E-state index contributed by atoms with van der Waals surface area (Å²) >= 11 is 0.833. The van der Waals surface area contributed by atoms with Crippen LogP contribution in [0.25, 0.3) is 0 Å². The molecule has 1 unspecified atom stereocenters. The molecule has 0 bridgehead atoms. The molecule has 0 radical (unpaired) electrons. The Morgan fingerprint density at radius 1 is 0.938 bits per heavy atom. The zero-order chi connectivity index (χ0) is 36.3. The number of benzene rings is 1. The highest BCUT2D eigenvalue weighted by atomic mass is 32.2. The lowest BCUT2D eigenvalue weighted by molar-refractivity contribution is -0.232. The largest absolute Gasteiger partial charge is 0.497 e. The molecule has 268 valence electrons. The van der Waals surface area contributed by atoms with E-state index in [9.17, 15) is 28.8 Å². The van der Waals surface area contributed by atoms with Gasteiger partial charge in [-0.3, -0.25) is 24.0 Å². The fourth-order valence-corrected chi connectivity index (χ4v) is 5.02. The molecule has 1 aliphatic heterocycles. The van der Waals surface area contributed by atoms with Crippen LogP contribution in [0.3, 0.4) is 0 Å². The molecule has 3 amide bonds. The average Bonchev–Trinajstić information content (AvgIpc) is 2.96. The zero-order valence-corrected chi connectivity index (χ0v) is 30.0. The van der Waals surface area contributed by atoms with Gasteiger partial charge in [-0.15, -0.1) is 0 Å². The van der Waals surface area contributed by atoms with Crippen molar-refractivity contribution < 1.29 is 52.5 Å². The van der Waals surface area contributed by atoms with Gasteiger partial charge in [0.05, 0.1) is 20.1 Å². The van der Waals surface area contributed by atoms with Gasteiger partial charge >= 0.3 is 12.1 Å². The van der Waals surface area contributed by atoms with Crippen LogP contribution in [-0.4, -0.2) is 97.0 Å². The molecule has 0 spiro atoms. The van der Waals surface area contributed by atoms with E-state index in [1.165, 1.54) is 7.11 Å². The first-order chi connectivity index (χ1) is 22.2. The molecule has 2 rings (SSSR count). The van der Waals surface area contributed by atoms with E-state index in [0.29, 0.717) is 11.3 Å². The molecular formula is C33H49N3O11S. The van der Waals surface area contributed by atoms with Crippen LogP contribution < -0.4 is 20.7 Å². The van der Waals surface area contributed by atoms with E-state index >= 15 is 0 Å². The highest BCUT2D eigenvalue weighted by Crippen LogP contribution is 2.32. The highest BCUT2D eigenvalue weighted by molar-refractivity contribution is 8.13. The van der Waals surface area contributed by atoms with Gasteiger partial charge in [0.2, 0.25) is 29.0 Å². The van der Waals surface area contributed by atoms with Crippen molar-refractivity contribution in [1.29, 1.82) is 0 Å². The van der Waals surface area contributed by atoms with E-state index in [1.807, 2.05) is 0 Å². The number of carbonyl (C=O) groups excluding carboxylic acids is 6. The quantitative estimate of drug-likeness (QED) is 0.147. The Morgan fingerprint density at radius 2 is 1.56 bits per heavy atom. The van der Waals surface area contributed by atoms with Gasteiger partial charge < -0.3 is 39.6 Å². The second-order valence-electron chi connectivity index (χ2n) is 13.8. The van der Waals surface area contributed by atoms with Gasteiger partial charge in [-0.05, 0) is 65.8 Å². The Hall–Kier alpha value is -3.69. The topological polar surface area (TPSA) is 185 Å². The lowest BCUT2D eigenvalue weighted by Crippen LogP contribution is -2.55. The third-order valence-electron chi connectivity index (χ3n) is 6.49. The Balaban J connectivity index is 1.82. The van der Waals surface area contributed by atoms with Crippen LogP contribution in [-0.2, 0) is 38.1 Å². The minimum Gasteiger partial charge on any atom is -0.497 e. The molecule has 3 atom stereocenters. The number of thioether (sulfide) groups is 1. The number of hydrogen-bond donors (Lipinski definition) is 3. The van der Waals surface area contributed by atoms with Crippen molar-refractivity contribution >= 4 is 46.5 Å². The number of ether oxygens (including phenoxy) is 5. The van der Waals surface area contributed by atoms with Crippen molar-refractivity contribution in [2.75, 3.05) is 32.6 Å². The minimum absolute atomic E-state index is 0.00238. The van der Waals surface area contributed by atoms with Crippen molar-refractivity contribution in [3.63, 3.8) is 0 Å². The van der Waals surface area contributed by atoms with Crippen molar-refractivity contribution in [2.24, 2.45) is 5.41 Å². The molecule has 0 saturated carbocycles. The van der Waals surface area contributed by atoms with Gasteiger partial charge in [0.25, 0.3) is 0 Å². The molecule has 14 nitrogen and oxygen atoms in total. The summed E-state index contributed by atoms with van der Waals surface area (Å²) in [5.41, 5.74) is -1.99. The maximum Gasteiger partial charge on any atom is 0.408 e. The van der Waals surface area contributed by atoms with E-state index in [2.05, 4.69) is 16.0 Å². The van der Waals surface area contributed by atoms with E-state index in [0.717, 1.165) is 11.8 Å². The lowest BCUT2D eigenvalue weighted by Gasteiger charge is -2.40. The number of nitrogens with one attached hydrogen (secondary N) is 3. The Kier molecular flexibility index (Phi) is 14.9. The molecule has 1 aromatic rings. The Bertz CT molecular complexity index is 1270. The van der Waals surface area contributed by atoms with Gasteiger partial charge in [-0.25, -0.2) is 4.79 Å². The number of methoxy groups -OCH3 is 1. The maximum absolute atomic E-state index is 13.0. The molecular weight excluding hydrogens is 646 g/mol. The summed E-state index contributed by atoms with van der Waals surface area (Å²) in [4.78, 5) is 75.9. The number of amides is 3. The fourth-order valence-electron chi connectivity index (χ4n) is 4.27. The first kappa shape index (κ1) is 40.5. The number of esters is 1. The standard InChI is InChI=1S/C33H49N3O11S/c1-31(2,3)46-24(38)18-22(36-30(42)47-32(4,5)6)28(41)48-17-16-34-23(37)14-15-35-27(40)26-33(7,8)19-44-29(45-26)25(39)20-10-12-21(43-9)13-11-20/h10-13,22,26,29H,14-19H2,1-9H3,(H,34,37)(H,35,40)(H,36,42)/t22-,26-,29?/m0/s1. The lowest BCUT2D eigenvalue weighted by atomic mass is 9.85. The average molecular weight is 696 g/mol. The molecule has 48 heavy (non-hydrogen) atoms. The first-order valence-electron chi connectivity index (χ1n) is 15.6. The third kappa shape index (κ3) is 14.2. The summed E-state index contributed by atoms with van der Waals surface area (Å²) in [6.07, 6.45) is -3.57. The van der Waals surface area contributed by atoms with E-state index < -0.39 is 70.3 Å². The SMILES string of the molecule is COc1ccc(C(=O)C2OCC(C)(C)[C@H](C(=O)NCCC(=O)NCCSC(=O)[C@H](CC(=O)OC(C)(C)C)NC(=O)OC(C)(C)C)O2)cc1. The normalized spacial score (nSPS) is 18.1. The van der Waals surface area contributed by atoms with E-state index in [1.54, 1.807) is 79.7 Å². The molecule has 3 N–H and O–H groups in total. The Labute approximate surface area is 286 Å². The molecule has 1 aliphatic rings. The second kappa shape index (κ2) is 17.6. The molecule has 1 aromatic carbocycles. The first-order valence-corrected chi connectivity index (χ1v) is 16.6. The number of hydrogen-bond acceptors (Lipinski definition) is 12. The van der Waals surface area contributed by atoms with E-state index in [4.69, 9.17) is 23.7 Å². The summed E-state index contributed by atoms with van der Waals surface area (Å²) in [5, 5.41) is 7.28. The van der Waals surface area contributed by atoms with Crippen molar-refractivity contribution in [1.82, 2.24) is 16.0 Å². The van der Waals surface area contributed by atoms with Crippen LogP contribution in [0.2, 0.25) is 0 Å². The predicted octanol–water partition coefficient (Wildman–Crippen LogP) is 3.15. The zero-order valence-electron chi connectivity index (χ0n) is 29.2. The van der Waals surface area contributed by atoms with Gasteiger partial charge in [0.15, 0.2) is 0 Å². The highest BCUT2D eigenvalue weighted by Gasteiger charge is 2.45. The predicted molar refractivity (Wildman–Crippen MR) is 177 cm³/mol. The van der Waals surface area contributed by atoms with Gasteiger partial charge in [-0.1, -0.05) is 25.6 Å². The molecule has 0 aliphatic carbocycles. The summed E-state index contributed by atoms with van der Waals surface area (Å²) in [6, 6.07) is 5.24. The molecule has 0 aromatic heterocycles. The van der Waals surface area contributed by atoms with Crippen molar-refractivity contribution in [2.45, 2.75) is 97.9 Å². The third-order valence-corrected chi connectivity index (χ3v) is 7.47. The second-order valence-corrected chi connectivity index (χ2v) is 14.9. The number of alkyl carbamates (subject to hydrolysis) is 1. The van der Waals surface area contributed by atoms with Crippen LogP contribution in [0.4, 0.5) is 4.79 Å². The van der Waals surface area contributed by atoms with Crippen molar-refractivity contribution in [3.8, 4) is 5.75 Å². The number of Topliss-reactive ketones (excluding diaryl/α,β-unsaturated/α-hetero) is 1. The number of rotatable bonds is 14. The van der Waals surface area contributed by atoms with Gasteiger partial charge in [-0.2, -0.15) is 0 Å². The molecule has 1 heterocycles. The summed E-state index contributed by atoms with van der Waals surface area (Å²) < 4.78 is 27.1. The van der Waals surface area contributed by atoms with Crippen molar-refractivity contribution in [3.05, 3.63) is 29.8 Å². The van der Waals surface area contributed by atoms with Crippen LogP contribution in [0.1, 0.15) is 78.6 Å². The minimum atomic E-state index is -1.27.